The third-order valence-corrected chi connectivity index (χ3v) is 2.04. The number of aromatic nitrogens is 2. The van der Waals surface area contributed by atoms with Crippen molar-refractivity contribution in [3.05, 3.63) is 9.72 Å². The zero-order chi connectivity index (χ0) is 8.48. The van der Waals surface area contributed by atoms with Gasteiger partial charge in [-0.05, 0) is 0 Å². The van der Waals surface area contributed by atoms with Gasteiger partial charge in [-0.3, -0.25) is 0 Å². The van der Waals surface area contributed by atoms with Crippen molar-refractivity contribution < 1.29 is 12.9 Å². The Morgan fingerprint density at radius 2 is 2.27 bits per heavy atom. The molecule has 0 bridgehead atoms. The van der Waals surface area contributed by atoms with Crippen molar-refractivity contribution in [2.45, 2.75) is 5.75 Å². The van der Waals surface area contributed by atoms with Gasteiger partial charge in [-0.2, -0.15) is 4.98 Å². The second kappa shape index (κ2) is 3.05. The lowest BCUT2D eigenvalue weighted by molar-refractivity contribution is 0.385. The van der Waals surface area contributed by atoms with Crippen LogP contribution in [0.25, 0.3) is 0 Å². The molecule has 11 heavy (non-hydrogen) atoms. The Labute approximate surface area is 77.2 Å². The molecule has 0 saturated carbocycles. The Hall–Kier alpha value is -0.180. The summed E-state index contributed by atoms with van der Waals surface area (Å²) in [5.41, 5.74) is 0. The number of rotatable bonds is 2. The Bertz CT molecular complexity index is 344. The highest BCUT2D eigenvalue weighted by Crippen LogP contribution is 2.03. The lowest BCUT2D eigenvalue weighted by Crippen LogP contribution is -2.00. The minimum absolute atomic E-state index is 0.136. The molecule has 0 amide bonds. The molecular weight excluding hydrogens is 283 g/mol. The van der Waals surface area contributed by atoms with Crippen LogP contribution < -0.4 is 0 Å². The van der Waals surface area contributed by atoms with Crippen molar-refractivity contribution in [3.63, 3.8) is 0 Å². The summed E-state index contributed by atoms with van der Waals surface area (Å²) in [5.74, 6) is -0.0554. The Morgan fingerprint density at radius 1 is 1.64 bits per heavy atom. The average molecular weight is 288 g/mol. The monoisotopic (exact) mass is 288 g/mol. The van der Waals surface area contributed by atoms with Gasteiger partial charge in [-0.15, -0.1) is 0 Å². The molecule has 1 aromatic heterocycles. The van der Waals surface area contributed by atoms with Crippen LogP contribution in [0, 0.1) is 3.83 Å². The predicted molar refractivity (Wildman–Crippen MR) is 45.6 cm³/mol. The maximum Gasteiger partial charge on any atom is 0.242 e. The quantitative estimate of drug-likeness (QED) is 0.728. The van der Waals surface area contributed by atoms with E-state index in [9.17, 15) is 8.42 Å². The van der Waals surface area contributed by atoms with Gasteiger partial charge < -0.3 is 4.52 Å². The lowest BCUT2D eigenvalue weighted by atomic mass is 10.8. The summed E-state index contributed by atoms with van der Waals surface area (Å²) in [4.78, 5) is 3.73. The smallest absolute Gasteiger partial charge is 0.242 e. The van der Waals surface area contributed by atoms with Gasteiger partial charge in [0.05, 0.1) is 0 Å². The van der Waals surface area contributed by atoms with Crippen molar-refractivity contribution >= 4 is 32.4 Å². The highest BCUT2D eigenvalue weighted by Gasteiger charge is 2.10. The van der Waals surface area contributed by atoms with Gasteiger partial charge in [0.15, 0.2) is 9.84 Å². The molecule has 1 aromatic rings. The van der Waals surface area contributed by atoms with Gasteiger partial charge in [0.2, 0.25) is 9.72 Å². The summed E-state index contributed by atoms with van der Waals surface area (Å²) >= 11 is 1.84. The molecule has 1 rings (SSSR count). The van der Waals surface area contributed by atoms with Crippen LogP contribution in [0.4, 0.5) is 0 Å². The molecule has 0 saturated heterocycles. The van der Waals surface area contributed by atoms with Gasteiger partial charge in [-0.1, -0.05) is 5.16 Å². The third kappa shape index (κ3) is 3.14. The molecule has 1 heterocycles. The molecular formula is C4H5IN2O3S. The van der Waals surface area contributed by atoms with Crippen LogP contribution in [0.3, 0.4) is 0 Å². The van der Waals surface area contributed by atoms with Gasteiger partial charge >= 0.3 is 0 Å². The van der Waals surface area contributed by atoms with E-state index in [1.807, 2.05) is 22.6 Å². The van der Waals surface area contributed by atoms with E-state index < -0.39 is 9.84 Å². The zero-order valence-corrected chi connectivity index (χ0v) is 8.59. The first-order valence-corrected chi connectivity index (χ1v) is 5.77. The van der Waals surface area contributed by atoms with Gasteiger partial charge in [0, 0.05) is 28.8 Å². The van der Waals surface area contributed by atoms with Crippen molar-refractivity contribution in [2.75, 3.05) is 6.26 Å². The summed E-state index contributed by atoms with van der Waals surface area (Å²) in [6.45, 7) is 0. The predicted octanol–water partition coefficient (Wildman–Crippen LogP) is 0.219. The Kier molecular flexibility index (Phi) is 2.47. The Balaban J connectivity index is 2.81. The summed E-state index contributed by atoms with van der Waals surface area (Å²) in [6.07, 6.45) is 1.12. The van der Waals surface area contributed by atoms with Crippen LogP contribution in [-0.2, 0) is 15.6 Å². The van der Waals surface area contributed by atoms with Gasteiger partial charge in [0.25, 0.3) is 0 Å². The van der Waals surface area contributed by atoms with E-state index in [-0.39, 0.29) is 11.6 Å². The van der Waals surface area contributed by atoms with E-state index in [1.54, 1.807) is 0 Å². The summed E-state index contributed by atoms with van der Waals surface area (Å²) in [5, 5.41) is 3.44. The molecule has 0 aliphatic heterocycles. The van der Waals surface area contributed by atoms with E-state index in [1.165, 1.54) is 0 Å². The molecule has 0 aliphatic rings. The Morgan fingerprint density at radius 3 is 2.64 bits per heavy atom. The molecule has 0 aromatic carbocycles. The number of hydrogen-bond acceptors (Lipinski definition) is 5. The van der Waals surface area contributed by atoms with E-state index in [2.05, 4.69) is 14.7 Å². The molecule has 0 radical (unpaired) electrons. The highest BCUT2D eigenvalue weighted by atomic mass is 127. The number of sulfone groups is 1. The van der Waals surface area contributed by atoms with Crippen LogP contribution in [0.15, 0.2) is 4.52 Å². The summed E-state index contributed by atoms with van der Waals surface area (Å²) in [6, 6.07) is 0. The largest absolute Gasteiger partial charge is 0.337 e. The molecule has 62 valence electrons. The summed E-state index contributed by atoms with van der Waals surface area (Å²) in [7, 11) is -3.06. The highest BCUT2D eigenvalue weighted by molar-refractivity contribution is 14.1. The zero-order valence-electron chi connectivity index (χ0n) is 5.61. The van der Waals surface area contributed by atoms with Crippen LogP contribution in [0.2, 0.25) is 0 Å². The van der Waals surface area contributed by atoms with E-state index in [4.69, 9.17) is 0 Å². The van der Waals surface area contributed by atoms with E-state index in [0.29, 0.717) is 3.83 Å². The fraction of sp³-hybridized carbons (Fsp3) is 0.500. The number of nitrogens with zero attached hydrogens (tertiary/aromatic N) is 2. The average Bonchev–Trinajstić information content (AvgIpc) is 2.10. The first-order valence-electron chi connectivity index (χ1n) is 2.63. The molecule has 0 spiro atoms. The first-order chi connectivity index (χ1) is 4.97. The lowest BCUT2D eigenvalue weighted by Gasteiger charge is -1.87. The molecule has 0 N–H and O–H groups in total. The van der Waals surface area contributed by atoms with Crippen LogP contribution in [0.1, 0.15) is 5.89 Å². The van der Waals surface area contributed by atoms with Crippen LogP contribution in [0.5, 0.6) is 0 Å². The molecule has 0 fully saturated rings. The SMILES string of the molecule is CS(=O)(=O)Cc1nc(I)no1. The van der Waals surface area contributed by atoms with Crippen molar-refractivity contribution in [1.82, 2.24) is 10.1 Å². The van der Waals surface area contributed by atoms with Crippen LogP contribution >= 0.6 is 22.6 Å². The second-order valence-electron chi connectivity index (χ2n) is 2.03. The minimum Gasteiger partial charge on any atom is -0.337 e. The second-order valence-corrected chi connectivity index (χ2v) is 5.13. The first kappa shape index (κ1) is 8.91. The summed E-state index contributed by atoms with van der Waals surface area (Å²) < 4.78 is 26.4. The van der Waals surface area contributed by atoms with Crippen molar-refractivity contribution in [3.8, 4) is 0 Å². The fourth-order valence-corrected chi connectivity index (χ4v) is 1.45. The number of hydrogen-bond donors (Lipinski definition) is 0. The molecule has 7 heteroatoms. The van der Waals surface area contributed by atoms with Gasteiger partial charge in [-0.25, -0.2) is 8.42 Å². The van der Waals surface area contributed by atoms with Gasteiger partial charge in [0.1, 0.15) is 5.75 Å². The van der Waals surface area contributed by atoms with E-state index in [0.717, 1.165) is 6.26 Å². The third-order valence-electron chi connectivity index (χ3n) is 0.829. The van der Waals surface area contributed by atoms with Crippen molar-refractivity contribution in [2.24, 2.45) is 0 Å². The normalized spacial score (nSPS) is 11.8. The topological polar surface area (TPSA) is 73.1 Å². The van der Waals surface area contributed by atoms with E-state index >= 15 is 0 Å². The molecule has 0 unspecified atom stereocenters. The molecule has 5 nitrogen and oxygen atoms in total. The van der Waals surface area contributed by atoms with Crippen LogP contribution in [-0.4, -0.2) is 24.8 Å². The maximum absolute atomic E-state index is 10.7. The number of halogens is 1. The molecule has 0 atom stereocenters. The van der Waals surface area contributed by atoms with Crippen molar-refractivity contribution in [1.29, 1.82) is 0 Å². The fourth-order valence-electron chi connectivity index (χ4n) is 0.517. The minimum atomic E-state index is -3.06. The standard InChI is InChI=1S/C4H5IN2O3S/c1-11(8,9)2-3-6-4(5)7-10-3/h2H2,1H3. The molecule has 0 aliphatic carbocycles. The maximum atomic E-state index is 10.7.